The van der Waals surface area contributed by atoms with Gasteiger partial charge in [0.2, 0.25) is 11.8 Å². The molecule has 1 aliphatic rings. The van der Waals surface area contributed by atoms with E-state index in [2.05, 4.69) is 22.5 Å². The summed E-state index contributed by atoms with van der Waals surface area (Å²) in [7, 11) is 0. The Balaban J connectivity index is 2.69. The van der Waals surface area contributed by atoms with Gasteiger partial charge in [-0.2, -0.15) is 0 Å². The second-order valence-corrected chi connectivity index (χ2v) is 8.19. The number of nitrogens with one attached hydrogen (secondary N) is 3. The van der Waals surface area contributed by atoms with Crippen molar-refractivity contribution in [3.63, 3.8) is 0 Å². The van der Waals surface area contributed by atoms with Gasteiger partial charge in [0.25, 0.3) is 0 Å². The van der Waals surface area contributed by atoms with Crippen molar-refractivity contribution in [1.29, 1.82) is 0 Å². The van der Waals surface area contributed by atoms with E-state index in [-0.39, 0.29) is 29.7 Å². The van der Waals surface area contributed by atoms with E-state index < -0.39 is 17.7 Å². The maximum Gasteiger partial charge on any atom is 0.408 e. The number of hydrogen-bond acceptors (Lipinski definition) is 4. The Hall–Kier alpha value is -2.05. The molecule has 3 N–H and O–H groups in total. The predicted octanol–water partition coefficient (Wildman–Crippen LogP) is 2.12. The summed E-state index contributed by atoms with van der Waals surface area (Å²) in [5, 5.41) is 8.32. The standard InChI is InChI=1S/C19H33N3O4/c1-7-14(11-13-8-9-20-16(13)23)21-17(24)15(10-12(2)3)22-18(25)26-19(4,5)6/h7,12-15H,1,8-11H2,2-6H3,(H,20,23)(H,21,24)(H,22,25)/t13?,14?,15-/m0/s1. The zero-order valence-corrected chi connectivity index (χ0v) is 16.6. The van der Waals surface area contributed by atoms with Gasteiger partial charge in [0, 0.05) is 18.5 Å². The van der Waals surface area contributed by atoms with E-state index in [9.17, 15) is 14.4 Å². The fraction of sp³-hybridized carbons (Fsp3) is 0.737. The molecular formula is C19H33N3O4. The largest absolute Gasteiger partial charge is 0.444 e. The van der Waals surface area contributed by atoms with E-state index in [4.69, 9.17) is 4.74 Å². The van der Waals surface area contributed by atoms with Gasteiger partial charge in [0.1, 0.15) is 11.6 Å². The zero-order valence-electron chi connectivity index (χ0n) is 16.6. The van der Waals surface area contributed by atoms with Crippen molar-refractivity contribution in [3.8, 4) is 0 Å². The third-order valence-electron chi connectivity index (χ3n) is 4.03. The first kappa shape index (κ1) is 22.0. The van der Waals surface area contributed by atoms with E-state index >= 15 is 0 Å². The Bertz CT molecular complexity index is 525. The number of ether oxygens (including phenoxy) is 1. The molecule has 1 rings (SSSR count). The lowest BCUT2D eigenvalue weighted by atomic mass is 9.97. The molecule has 0 saturated carbocycles. The van der Waals surface area contributed by atoms with Crippen LogP contribution in [-0.2, 0) is 14.3 Å². The lowest BCUT2D eigenvalue weighted by molar-refractivity contribution is -0.125. The predicted molar refractivity (Wildman–Crippen MR) is 100 cm³/mol. The molecule has 148 valence electrons. The van der Waals surface area contributed by atoms with Crippen LogP contribution in [0.3, 0.4) is 0 Å². The highest BCUT2D eigenvalue weighted by Gasteiger charge is 2.29. The molecule has 3 atom stereocenters. The van der Waals surface area contributed by atoms with Crippen molar-refractivity contribution in [3.05, 3.63) is 12.7 Å². The number of carbonyl (C=O) groups is 3. The molecule has 0 aliphatic carbocycles. The van der Waals surface area contributed by atoms with E-state index in [0.29, 0.717) is 19.4 Å². The van der Waals surface area contributed by atoms with E-state index in [1.165, 1.54) is 0 Å². The van der Waals surface area contributed by atoms with E-state index in [1.54, 1.807) is 26.8 Å². The average molecular weight is 367 g/mol. The van der Waals surface area contributed by atoms with Crippen LogP contribution in [0.2, 0.25) is 0 Å². The number of amides is 3. The molecule has 0 aromatic heterocycles. The van der Waals surface area contributed by atoms with Crippen LogP contribution in [0, 0.1) is 11.8 Å². The van der Waals surface area contributed by atoms with Gasteiger partial charge in [-0.25, -0.2) is 4.79 Å². The number of rotatable bonds is 8. The summed E-state index contributed by atoms with van der Waals surface area (Å²) >= 11 is 0. The van der Waals surface area contributed by atoms with Crippen molar-refractivity contribution in [1.82, 2.24) is 16.0 Å². The lowest BCUT2D eigenvalue weighted by Gasteiger charge is -2.26. The van der Waals surface area contributed by atoms with Gasteiger partial charge in [0.15, 0.2) is 0 Å². The topological polar surface area (TPSA) is 96.5 Å². The molecule has 3 amide bonds. The SMILES string of the molecule is C=CC(CC1CCNC1=O)NC(=O)[C@H](CC(C)C)NC(=O)OC(C)(C)C. The van der Waals surface area contributed by atoms with Crippen LogP contribution in [0.5, 0.6) is 0 Å². The van der Waals surface area contributed by atoms with Crippen molar-refractivity contribution < 1.29 is 19.1 Å². The molecule has 1 heterocycles. The smallest absolute Gasteiger partial charge is 0.408 e. The Morgan fingerprint density at radius 3 is 2.46 bits per heavy atom. The van der Waals surface area contributed by atoms with Crippen molar-refractivity contribution in [2.45, 2.75) is 71.6 Å². The van der Waals surface area contributed by atoms with Crippen LogP contribution in [0.25, 0.3) is 0 Å². The summed E-state index contributed by atoms with van der Waals surface area (Å²) in [5.41, 5.74) is -0.636. The highest BCUT2D eigenvalue weighted by atomic mass is 16.6. The summed E-state index contributed by atoms with van der Waals surface area (Å²) in [6, 6.07) is -1.03. The molecule has 1 fully saturated rings. The van der Waals surface area contributed by atoms with Crippen molar-refractivity contribution in [2.75, 3.05) is 6.54 Å². The van der Waals surface area contributed by atoms with Crippen molar-refractivity contribution >= 4 is 17.9 Å². The third-order valence-corrected chi connectivity index (χ3v) is 4.03. The first-order chi connectivity index (χ1) is 12.0. The second-order valence-electron chi connectivity index (χ2n) is 8.19. The van der Waals surface area contributed by atoms with Gasteiger partial charge in [-0.05, 0) is 46.0 Å². The summed E-state index contributed by atoms with van der Waals surface area (Å²) in [4.78, 5) is 36.5. The van der Waals surface area contributed by atoms with Crippen LogP contribution in [0.15, 0.2) is 12.7 Å². The molecule has 7 nitrogen and oxygen atoms in total. The van der Waals surface area contributed by atoms with Crippen LogP contribution in [-0.4, -0.2) is 42.1 Å². The Morgan fingerprint density at radius 1 is 1.35 bits per heavy atom. The lowest BCUT2D eigenvalue weighted by Crippen LogP contribution is -2.51. The highest BCUT2D eigenvalue weighted by molar-refractivity contribution is 5.86. The van der Waals surface area contributed by atoms with Gasteiger partial charge in [0.05, 0.1) is 0 Å². The summed E-state index contributed by atoms with van der Waals surface area (Å²) in [6.07, 6.45) is 2.75. The van der Waals surface area contributed by atoms with Gasteiger partial charge in [-0.1, -0.05) is 19.9 Å². The Kier molecular flexibility index (Phi) is 8.11. The average Bonchev–Trinajstić information content (AvgIpc) is 2.88. The molecule has 26 heavy (non-hydrogen) atoms. The van der Waals surface area contributed by atoms with Gasteiger partial charge in [-0.3, -0.25) is 9.59 Å². The quantitative estimate of drug-likeness (QED) is 0.573. The monoisotopic (exact) mass is 367 g/mol. The fourth-order valence-corrected chi connectivity index (χ4v) is 2.83. The van der Waals surface area contributed by atoms with Gasteiger partial charge < -0.3 is 20.7 Å². The third kappa shape index (κ3) is 7.89. The van der Waals surface area contributed by atoms with E-state index in [0.717, 1.165) is 6.42 Å². The Morgan fingerprint density at radius 2 is 2.00 bits per heavy atom. The van der Waals surface area contributed by atoms with Gasteiger partial charge in [-0.15, -0.1) is 6.58 Å². The molecule has 0 aromatic carbocycles. The number of alkyl carbamates (subject to hydrolysis) is 1. The minimum Gasteiger partial charge on any atom is -0.444 e. The molecule has 2 unspecified atom stereocenters. The molecule has 1 aliphatic heterocycles. The second kappa shape index (κ2) is 9.59. The Labute approximate surface area is 156 Å². The molecule has 1 saturated heterocycles. The summed E-state index contributed by atoms with van der Waals surface area (Å²) in [6.45, 7) is 13.7. The fourth-order valence-electron chi connectivity index (χ4n) is 2.83. The maximum atomic E-state index is 12.7. The van der Waals surface area contributed by atoms with Crippen LogP contribution in [0.1, 0.15) is 53.9 Å². The number of carbonyl (C=O) groups excluding carboxylic acids is 3. The van der Waals surface area contributed by atoms with Crippen LogP contribution < -0.4 is 16.0 Å². The van der Waals surface area contributed by atoms with Gasteiger partial charge >= 0.3 is 6.09 Å². The maximum absolute atomic E-state index is 12.7. The van der Waals surface area contributed by atoms with Crippen LogP contribution in [0.4, 0.5) is 4.79 Å². The molecule has 0 aromatic rings. The first-order valence-corrected chi connectivity index (χ1v) is 9.22. The summed E-state index contributed by atoms with van der Waals surface area (Å²) in [5.74, 6) is -0.200. The highest BCUT2D eigenvalue weighted by Crippen LogP contribution is 2.17. The molecule has 0 bridgehead atoms. The molecule has 0 radical (unpaired) electrons. The molecule has 7 heteroatoms. The minimum atomic E-state index is -0.704. The normalized spacial score (nSPS) is 19.5. The minimum absolute atomic E-state index is 0.0108. The number of hydrogen-bond donors (Lipinski definition) is 3. The molecular weight excluding hydrogens is 334 g/mol. The summed E-state index contributed by atoms with van der Waals surface area (Å²) < 4.78 is 5.25. The van der Waals surface area contributed by atoms with E-state index in [1.807, 2.05) is 13.8 Å². The molecule has 0 spiro atoms. The zero-order chi connectivity index (χ0) is 19.9. The van der Waals surface area contributed by atoms with Crippen molar-refractivity contribution in [2.24, 2.45) is 11.8 Å². The van der Waals surface area contributed by atoms with Crippen LogP contribution >= 0.6 is 0 Å². The first-order valence-electron chi connectivity index (χ1n) is 9.22.